The quantitative estimate of drug-likeness (QED) is 0.607. The molecule has 1 aromatic heterocycles. The summed E-state index contributed by atoms with van der Waals surface area (Å²) in [5.41, 5.74) is -0.168. The Hall–Kier alpha value is -1.07. The van der Waals surface area contributed by atoms with Gasteiger partial charge in [-0.25, -0.2) is 13.8 Å². The summed E-state index contributed by atoms with van der Waals surface area (Å²) in [7, 11) is 0. The molecule has 0 N–H and O–H groups in total. The van der Waals surface area contributed by atoms with Crippen molar-refractivity contribution in [1.82, 2.24) is 9.55 Å². The Morgan fingerprint density at radius 2 is 2.16 bits per heavy atom. The van der Waals surface area contributed by atoms with Crippen molar-refractivity contribution in [3.63, 3.8) is 0 Å². The molecular weight excluding hydrogens is 290 g/mol. The van der Waals surface area contributed by atoms with E-state index >= 15 is 0 Å². The van der Waals surface area contributed by atoms with Crippen LogP contribution in [0.2, 0.25) is 5.02 Å². The largest absolute Gasteiger partial charge is 0.330 e. The summed E-state index contributed by atoms with van der Waals surface area (Å²) >= 11 is 7.46. The van der Waals surface area contributed by atoms with Gasteiger partial charge in [0.15, 0.2) is 5.82 Å². The molecule has 0 spiro atoms. The van der Waals surface area contributed by atoms with Gasteiger partial charge >= 0.3 is 0 Å². The second-order valence-corrected chi connectivity index (χ2v) is 5.66. The van der Waals surface area contributed by atoms with Gasteiger partial charge in [-0.15, -0.1) is 0 Å². The Morgan fingerprint density at radius 1 is 1.37 bits per heavy atom. The van der Waals surface area contributed by atoms with Crippen molar-refractivity contribution in [1.29, 1.82) is 0 Å². The highest BCUT2D eigenvalue weighted by molar-refractivity contribution is 7.99. The first kappa shape index (κ1) is 14.3. The summed E-state index contributed by atoms with van der Waals surface area (Å²) in [6.45, 7) is 2.72. The first-order valence-electron chi connectivity index (χ1n) is 5.88. The number of aryl methyl sites for hydroxylation is 1. The SMILES string of the molecule is CCSCCn1ccnc1-c1c(F)ccc(Cl)c1F. The lowest BCUT2D eigenvalue weighted by Crippen LogP contribution is -2.04. The van der Waals surface area contributed by atoms with E-state index in [4.69, 9.17) is 11.6 Å². The summed E-state index contributed by atoms with van der Waals surface area (Å²) in [4.78, 5) is 4.04. The van der Waals surface area contributed by atoms with Gasteiger partial charge in [0.1, 0.15) is 11.6 Å². The molecule has 1 heterocycles. The zero-order valence-electron chi connectivity index (χ0n) is 10.4. The minimum absolute atomic E-state index is 0.103. The molecule has 0 aliphatic carbocycles. The monoisotopic (exact) mass is 302 g/mol. The number of thioether (sulfide) groups is 1. The fourth-order valence-electron chi connectivity index (χ4n) is 1.76. The predicted molar refractivity (Wildman–Crippen MR) is 75.6 cm³/mol. The van der Waals surface area contributed by atoms with Gasteiger partial charge in [-0.1, -0.05) is 18.5 Å². The highest BCUT2D eigenvalue weighted by Crippen LogP contribution is 2.29. The van der Waals surface area contributed by atoms with Gasteiger partial charge < -0.3 is 4.57 Å². The van der Waals surface area contributed by atoms with Crippen LogP contribution in [0.25, 0.3) is 11.4 Å². The molecule has 0 fully saturated rings. The fourth-order valence-corrected chi connectivity index (χ4v) is 2.53. The Bertz CT molecular complexity index is 572. The van der Waals surface area contributed by atoms with Crippen LogP contribution in [-0.2, 0) is 6.54 Å². The van der Waals surface area contributed by atoms with E-state index in [1.165, 1.54) is 12.3 Å². The van der Waals surface area contributed by atoms with Crippen LogP contribution in [0.5, 0.6) is 0 Å². The van der Waals surface area contributed by atoms with Crippen LogP contribution in [0.4, 0.5) is 8.78 Å². The zero-order chi connectivity index (χ0) is 13.8. The number of hydrogen-bond donors (Lipinski definition) is 0. The lowest BCUT2D eigenvalue weighted by Gasteiger charge is -2.09. The minimum Gasteiger partial charge on any atom is -0.330 e. The Morgan fingerprint density at radius 3 is 2.89 bits per heavy atom. The number of nitrogens with zero attached hydrogens (tertiary/aromatic N) is 2. The Balaban J connectivity index is 2.37. The molecule has 2 nitrogen and oxygen atoms in total. The molecule has 0 atom stereocenters. The van der Waals surface area contributed by atoms with Crippen LogP contribution in [0, 0.1) is 11.6 Å². The van der Waals surface area contributed by atoms with Gasteiger partial charge in [0.2, 0.25) is 0 Å². The molecule has 0 saturated carbocycles. The predicted octanol–water partition coefficient (Wildman–Crippen LogP) is 4.23. The van der Waals surface area contributed by atoms with Gasteiger partial charge in [-0.2, -0.15) is 11.8 Å². The van der Waals surface area contributed by atoms with Gasteiger partial charge in [0.05, 0.1) is 10.6 Å². The first-order valence-corrected chi connectivity index (χ1v) is 7.41. The van der Waals surface area contributed by atoms with Crippen molar-refractivity contribution < 1.29 is 8.78 Å². The molecule has 2 aromatic rings. The summed E-state index contributed by atoms with van der Waals surface area (Å²) in [6, 6.07) is 2.36. The van der Waals surface area contributed by atoms with Gasteiger partial charge in [0, 0.05) is 24.7 Å². The third-order valence-electron chi connectivity index (χ3n) is 2.66. The molecule has 0 unspecified atom stereocenters. The van der Waals surface area contributed by atoms with E-state index in [0.29, 0.717) is 6.54 Å². The molecule has 0 aliphatic rings. The average Bonchev–Trinajstić information content (AvgIpc) is 2.83. The number of rotatable bonds is 5. The van der Waals surface area contributed by atoms with Crippen LogP contribution >= 0.6 is 23.4 Å². The standard InChI is InChI=1S/C13H13ClF2N2S/c1-2-19-8-7-18-6-5-17-13(18)11-10(15)4-3-9(14)12(11)16/h3-6H,2,7-8H2,1H3. The maximum absolute atomic E-state index is 14.0. The van der Waals surface area contributed by atoms with E-state index in [0.717, 1.165) is 17.6 Å². The van der Waals surface area contributed by atoms with E-state index in [-0.39, 0.29) is 16.4 Å². The molecule has 2 rings (SSSR count). The van der Waals surface area contributed by atoms with Crippen molar-refractivity contribution in [2.24, 2.45) is 0 Å². The van der Waals surface area contributed by atoms with Gasteiger partial charge in [0.25, 0.3) is 0 Å². The molecule has 0 amide bonds. The van der Waals surface area contributed by atoms with Crippen molar-refractivity contribution in [3.05, 3.63) is 41.2 Å². The van der Waals surface area contributed by atoms with Crippen molar-refractivity contribution >= 4 is 23.4 Å². The van der Waals surface area contributed by atoms with Crippen LogP contribution in [-0.4, -0.2) is 21.1 Å². The second kappa shape index (κ2) is 6.39. The van der Waals surface area contributed by atoms with Gasteiger partial charge in [-0.05, 0) is 17.9 Å². The highest BCUT2D eigenvalue weighted by Gasteiger charge is 2.18. The van der Waals surface area contributed by atoms with Crippen LogP contribution < -0.4 is 0 Å². The Kier molecular flexibility index (Phi) is 4.82. The van der Waals surface area contributed by atoms with Crippen molar-refractivity contribution in [3.8, 4) is 11.4 Å². The topological polar surface area (TPSA) is 17.8 Å². The third-order valence-corrected chi connectivity index (χ3v) is 3.84. The number of aromatic nitrogens is 2. The lowest BCUT2D eigenvalue weighted by atomic mass is 10.2. The molecule has 0 bridgehead atoms. The van der Waals surface area contributed by atoms with Gasteiger partial charge in [-0.3, -0.25) is 0 Å². The van der Waals surface area contributed by atoms with E-state index in [2.05, 4.69) is 11.9 Å². The van der Waals surface area contributed by atoms with E-state index in [9.17, 15) is 8.78 Å². The smallest absolute Gasteiger partial charge is 0.155 e. The number of hydrogen-bond acceptors (Lipinski definition) is 2. The third kappa shape index (κ3) is 3.09. The maximum atomic E-state index is 14.0. The van der Waals surface area contributed by atoms with E-state index in [1.54, 1.807) is 22.5 Å². The molecule has 0 aliphatic heterocycles. The second-order valence-electron chi connectivity index (χ2n) is 3.86. The maximum Gasteiger partial charge on any atom is 0.155 e. The zero-order valence-corrected chi connectivity index (χ0v) is 11.9. The fraction of sp³-hybridized carbons (Fsp3) is 0.308. The summed E-state index contributed by atoms with van der Waals surface area (Å²) in [6.07, 6.45) is 3.25. The van der Waals surface area contributed by atoms with Crippen molar-refractivity contribution in [2.45, 2.75) is 13.5 Å². The van der Waals surface area contributed by atoms with E-state index in [1.807, 2.05) is 0 Å². The normalized spacial score (nSPS) is 10.9. The van der Waals surface area contributed by atoms with Crippen LogP contribution in [0.1, 0.15) is 6.92 Å². The summed E-state index contributed by atoms with van der Waals surface area (Å²) < 4.78 is 29.5. The number of imidazole rings is 1. The van der Waals surface area contributed by atoms with Crippen LogP contribution in [0.15, 0.2) is 24.5 Å². The summed E-state index contributed by atoms with van der Waals surface area (Å²) in [5.74, 6) is 0.720. The molecule has 0 radical (unpaired) electrons. The number of benzene rings is 1. The van der Waals surface area contributed by atoms with Crippen molar-refractivity contribution in [2.75, 3.05) is 11.5 Å². The van der Waals surface area contributed by atoms with E-state index < -0.39 is 11.6 Å². The highest BCUT2D eigenvalue weighted by atomic mass is 35.5. The molecular formula is C13H13ClF2N2S. The number of halogens is 3. The first-order chi connectivity index (χ1) is 9.15. The lowest BCUT2D eigenvalue weighted by molar-refractivity contribution is 0.584. The Labute approximate surface area is 119 Å². The minimum atomic E-state index is -0.766. The molecule has 19 heavy (non-hydrogen) atoms. The molecule has 0 saturated heterocycles. The molecule has 1 aromatic carbocycles. The van der Waals surface area contributed by atoms with Crippen LogP contribution in [0.3, 0.4) is 0 Å². The summed E-state index contributed by atoms with van der Waals surface area (Å²) in [5, 5.41) is -0.103. The average molecular weight is 303 g/mol. The molecule has 6 heteroatoms. The molecule has 102 valence electrons.